The summed E-state index contributed by atoms with van der Waals surface area (Å²) in [5.74, 6) is 2.70. The molecule has 1 atom stereocenters. The zero-order valence-electron chi connectivity index (χ0n) is 18.3. The smallest absolute Gasteiger partial charge is 0.324 e. The number of halogens is 1. The molecule has 0 radical (unpaired) electrons. The van der Waals surface area contributed by atoms with Crippen molar-refractivity contribution < 1.29 is 14.1 Å². The average molecular weight is 446 g/mol. The summed E-state index contributed by atoms with van der Waals surface area (Å²) in [4.78, 5) is 17.6. The van der Waals surface area contributed by atoms with Gasteiger partial charge in [-0.15, -0.1) is 12.4 Å². The van der Waals surface area contributed by atoms with Crippen molar-refractivity contribution in [1.29, 1.82) is 0 Å². The van der Waals surface area contributed by atoms with Gasteiger partial charge in [0.25, 0.3) is 0 Å². The fourth-order valence-corrected chi connectivity index (χ4v) is 4.10. The van der Waals surface area contributed by atoms with Gasteiger partial charge >= 0.3 is 6.01 Å². The predicted octanol–water partition coefficient (Wildman–Crippen LogP) is 5.29. The normalized spacial score (nSPS) is 19.6. The molecule has 168 valence electrons. The molecule has 1 aromatic heterocycles. The molecular formula is C24H32ClN3O3. The summed E-state index contributed by atoms with van der Waals surface area (Å²) in [5.41, 5.74) is 2.58. The summed E-state index contributed by atoms with van der Waals surface area (Å²) in [7, 11) is 0. The van der Waals surface area contributed by atoms with E-state index in [2.05, 4.69) is 59.2 Å². The summed E-state index contributed by atoms with van der Waals surface area (Å²) in [6.07, 6.45) is 8.19. The van der Waals surface area contributed by atoms with Gasteiger partial charge in [-0.2, -0.15) is 4.98 Å². The molecule has 0 N–H and O–H groups in total. The van der Waals surface area contributed by atoms with Crippen LogP contribution in [0.1, 0.15) is 63.3 Å². The Kier molecular flexibility index (Phi) is 8.13. The molecule has 1 aromatic carbocycles. The molecule has 1 aliphatic heterocycles. The number of aromatic nitrogens is 2. The van der Waals surface area contributed by atoms with Gasteiger partial charge in [-0.05, 0) is 61.3 Å². The monoisotopic (exact) mass is 445 g/mol. The quantitative estimate of drug-likeness (QED) is 0.539. The van der Waals surface area contributed by atoms with Crippen LogP contribution in [-0.4, -0.2) is 36.1 Å². The van der Waals surface area contributed by atoms with Crippen LogP contribution in [0.2, 0.25) is 0 Å². The molecule has 0 saturated carbocycles. The van der Waals surface area contributed by atoms with Crippen molar-refractivity contribution in [3.63, 3.8) is 0 Å². The van der Waals surface area contributed by atoms with Crippen LogP contribution in [0.15, 0.2) is 34.9 Å². The number of aldehydes is 1. The molecule has 1 aliphatic carbocycles. The van der Waals surface area contributed by atoms with Crippen molar-refractivity contribution in [1.82, 2.24) is 10.1 Å². The van der Waals surface area contributed by atoms with Gasteiger partial charge in [0.2, 0.25) is 0 Å². The van der Waals surface area contributed by atoms with E-state index in [-0.39, 0.29) is 24.2 Å². The summed E-state index contributed by atoms with van der Waals surface area (Å²) in [6, 6.07) is 9.02. The first-order chi connectivity index (χ1) is 14.6. The highest BCUT2D eigenvalue weighted by molar-refractivity contribution is 5.85. The second-order valence-electron chi connectivity index (χ2n) is 8.76. The van der Waals surface area contributed by atoms with Gasteiger partial charge in [0.1, 0.15) is 12.0 Å². The van der Waals surface area contributed by atoms with Crippen LogP contribution in [0, 0.1) is 11.8 Å². The maximum atomic E-state index is 10.9. The standard InChI is InChI=1S/C24H31N3O3.ClH/c1-17(2)23-25-24(30-26-23)27-13-11-19(12-14-27)16-29-22-9-7-21(8-10-22)20-5-3-18(15-28)4-6-20;/h5,7-10,15,17-19H,3-4,6,11-14,16H2,1-2H3;1H. The van der Waals surface area contributed by atoms with Gasteiger partial charge in [-0.3, -0.25) is 0 Å². The van der Waals surface area contributed by atoms with Crippen molar-refractivity contribution in [2.45, 2.75) is 51.9 Å². The van der Waals surface area contributed by atoms with Crippen molar-refractivity contribution in [2.24, 2.45) is 11.8 Å². The number of carbonyl (C=O) groups is 1. The number of anilines is 1. The first kappa shape index (κ1) is 23.3. The zero-order chi connectivity index (χ0) is 20.9. The lowest BCUT2D eigenvalue weighted by atomic mass is 9.87. The fraction of sp³-hybridized carbons (Fsp3) is 0.542. The molecule has 4 rings (SSSR count). The first-order valence-electron chi connectivity index (χ1n) is 11.1. The Labute approximate surface area is 190 Å². The molecule has 7 heteroatoms. The van der Waals surface area contributed by atoms with Gasteiger partial charge in [-0.25, -0.2) is 0 Å². The average Bonchev–Trinajstić information content (AvgIpc) is 3.29. The maximum absolute atomic E-state index is 10.9. The number of allylic oxidation sites excluding steroid dienone is 2. The molecule has 2 aliphatic rings. The number of piperidine rings is 1. The molecule has 31 heavy (non-hydrogen) atoms. The molecule has 0 spiro atoms. The molecule has 0 amide bonds. The molecule has 0 bridgehead atoms. The molecule has 2 aromatic rings. The highest BCUT2D eigenvalue weighted by Gasteiger charge is 2.24. The summed E-state index contributed by atoms with van der Waals surface area (Å²) >= 11 is 0. The number of hydrogen-bond donors (Lipinski definition) is 0. The Morgan fingerprint density at radius 3 is 2.52 bits per heavy atom. The highest BCUT2D eigenvalue weighted by atomic mass is 35.5. The van der Waals surface area contributed by atoms with Crippen molar-refractivity contribution in [3.8, 4) is 5.75 Å². The van der Waals surface area contributed by atoms with Crippen LogP contribution in [0.3, 0.4) is 0 Å². The third-order valence-electron chi connectivity index (χ3n) is 6.19. The number of rotatable bonds is 7. The number of hydrogen-bond acceptors (Lipinski definition) is 6. The fourth-order valence-electron chi connectivity index (χ4n) is 4.10. The van der Waals surface area contributed by atoms with Crippen LogP contribution in [-0.2, 0) is 4.79 Å². The lowest BCUT2D eigenvalue weighted by molar-refractivity contribution is -0.111. The van der Waals surface area contributed by atoms with Gasteiger partial charge in [0.15, 0.2) is 5.82 Å². The van der Waals surface area contributed by atoms with Gasteiger partial charge < -0.3 is 19.0 Å². The van der Waals surface area contributed by atoms with E-state index in [1.165, 1.54) is 11.1 Å². The minimum absolute atomic E-state index is 0. The number of nitrogens with zero attached hydrogens (tertiary/aromatic N) is 3. The molecule has 1 fully saturated rings. The van der Waals surface area contributed by atoms with Gasteiger partial charge in [0.05, 0.1) is 6.61 Å². The largest absolute Gasteiger partial charge is 0.493 e. The predicted molar refractivity (Wildman–Crippen MR) is 124 cm³/mol. The topological polar surface area (TPSA) is 68.5 Å². The van der Waals surface area contributed by atoms with E-state index < -0.39 is 0 Å². The molecule has 1 unspecified atom stereocenters. The van der Waals surface area contributed by atoms with Gasteiger partial charge in [-0.1, -0.05) is 37.2 Å². The molecule has 2 heterocycles. The number of carbonyl (C=O) groups excluding carboxylic acids is 1. The highest BCUT2D eigenvalue weighted by Crippen LogP contribution is 2.30. The second kappa shape index (κ2) is 10.8. The first-order valence-corrected chi connectivity index (χ1v) is 11.1. The van der Waals surface area contributed by atoms with E-state index in [1.54, 1.807) is 0 Å². The molecular weight excluding hydrogens is 414 g/mol. The molecule has 1 saturated heterocycles. The van der Waals surface area contributed by atoms with Crippen LogP contribution in [0.25, 0.3) is 5.57 Å². The van der Waals surface area contributed by atoms with E-state index in [9.17, 15) is 4.79 Å². The SMILES string of the molecule is CC(C)c1noc(N2CCC(COc3ccc(C4=CCC(C=O)CC4)cc3)CC2)n1.Cl. The number of ether oxygens (including phenoxy) is 1. The van der Waals surface area contributed by atoms with Crippen LogP contribution in [0.4, 0.5) is 6.01 Å². The Bertz CT molecular complexity index is 870. The Hall–Kier alpha value is -2.34. The third-order valence-corrected chi connectivity index (χ3v) is 6.19. The minimum Gasteiger partial charge on any atom is -0.493 e. The lowest BCUT2D eigenvalue weighted by Crippen LogP contribution is -2.35. The lowest BCUT2D eigenvalue weighted by Gasteiger charge is -2.30. The van der Waals surface area contributed by atoms with Crippen LogP contribution < -0.4 is 9.64 Å². The minimum atomic E-state index is 0. The number of benzene rings is 1. The van der Waals surface area contributed by atoms with E-state index >= 15 is 0 Å². The maximum Gasteiger partial charge on any atom is 0.324 e. The van der Waals surface area contributed by atoms with Crippen LogP contribution in [0.5, 0.6) is 5.75 Å². The third kappa shape index (κ3) is 5.88. The van der Waals surface area contributed by atoms with Crippen molar-refractivity contribution in [3.05, 3.63) is 41.7 Å². The Morgan fingerprint density at radius 2 is 1.94 bits per heavy atom. The van der Waals surface area contributed by atoms with Crippen molar-refractivity contribution >= 4 is 30.3 Å². The van der Waals surface area contributed by atoms with E-state index in [1.807, 2.05) is 0 Å². The summed E-state index contributed by atoms with van der Waals surface area (Å²) < 4.78 is 11.5. The van der Waals surface area contributed by atoms with E-state index in [0.29, 0.717) is 11.9 Å². The Balaban J connectivity index is 0.00000272. The Morgan fingerprint density at radius 1 is 1.19 bits per heavy atom. The van der Waals surface area contributed by atoms with E-state index in [0.717, 1.165) is 69.7 Å². The zero-order valence-corrected chi connectivity index (χ0v) is 19.1. The summed E-state index contributed by atoms with van der Waals surface area (Å²) in [6.45, 7) is 6.71. The summed E-state index contributed by atoms with van der Waals surface area (Å²) in [5, 5.41) is 4.06. The second-order valence-corrected chi connectivity index (χ2v) is 8.76. The van der Waals surface area contributed by atoms with E-state index in [4.69, 9.17) is 9.26 Å². The van der Waals surface area contributed by atoms with Crippen LogP contribution >= 0.6 is 12.4 Å². The molecule has 6 nitrogen and oxygen atoms in total. The van der Waals surface area contributed by atoms with Crippen molar-refractivity contribution in [2.75, 3.05) is 24.6 Å². The van der Waals surface area contributed by atoms with Gasteiger partial charge in [0, 0.05) is 24.9 Å².